The molecule has 0 radical (unpaired) electrons. The number of nitrogens with zero attached hydrogens (tertiary/aromatic N) is 1. The highest BCUT2D eigenvalue weighted by molar-refractivity contribution is 6.34. The van der Waals surface area contributed by atoms with Gasteiger partial charge in [0.05, 0.1) is 28.5 Å². The van der Waals surface area contributed by atoms with Gasteiger partial charge in [0.1, 0.15) is 5.56 Å². The Morgan fingerprint density at radius 1 is 1.32 bits per heavy atom. The first kappa shape index (κ1) is 18.7. The molecule has 2 rings (SSSR count). The van der Waals surface area contributed by atoms with Crippen LogP contribution in [0.1, 0.15) is 36.0 Å². The van der Waals surface area contributed by atoms with Gasteiger partial charge in [-0.25, -0.2) is 0 Å². The standard InChI is InChI=1S/C15H16ClN3O6/c16-9-3-1-4-10(19(24)25)13(9)14(23)17-8-11(20)18-15(5-2-6-15)7-12(21)22/h1,3-4H,2,5-8H2,(H,17,23)(H,18,20)(H,21,22). The van der Waals surface area contributed by atoms with Gasteiger partial charge in [-0.3, -0.25) is 24.5 Å². The molecule has 0 spiro atoms. The van der Waals surface area contributed by atoms with Crippen molar-refractivity contribution < 1.29 is 24.4 Å². The quantitative estimate of drug-likeness (QED) is 0.491. The van der Waals surface area contributed by atoms with E-state index in [0.29, 0.717) is 12.8 Å². The van der Waals surface area contributed by atoms with Crippen LogP contribution in [0.5, 0.6) is 0 Å². The van der Waals surface area contributed by atoms with E-state index in [1.807, 2.05) is 0 Å². The van der Waals surface area contributed by atoms with Crippen molar-refractivity contribution in [3.63, 3.8) is 0 Å². The second-order valence-electron chi connectivity index (χ2n) is 5.83. The van der Waals surface area contributed by atoms with Crippen molar-refractivity contribution in [1.82, 2.24) is 10.6 Å². The van der Waals surface area contributed by atoms with Crippen molar-refractivity contribution in [2.24, 2.45) is 0 Å². The van der Waals surface area contributed by atoms with E-state index < -0.39 is 40.5 Å². The summed E-state index contributed by atoms with van der Waals surface area (Å²) in [6.45, 7) is -0.442. The number of carbonyl (C=O) groups is 3. The van der Waals surface area contributed by atoms with Crippen LogP contribution in [-0.2, 0) is 9.59 Å². The number of amides is 2. The van der Waals surface area contributed by atoms with Gasteiger partial charge in [-0.2, -0.15) is 0 Å². The minimum absolute atomic E-state index is 0.103. The van der Waals surface area contributed by atoms with Gasteiger partial charge < -0.3 is 15.7 Å². The van der Waals surface area contributed by atoms with Crippen molar-refractivity contribution in [2.75, 3.05) is 6.54 Å². The molecule has 9 nitrogen and oxygen atoms in total. The van der Waals surface area contributed by atoms with Crippen molar-refractivity contribution in [3.05, 3.63) is 38.9 Å². The average molecular weight is 370 g/mol. The summed E-state index contributed by atoms with van der Waals surface area (Å²) in [5.41, 5.74) is -1.58. The molecule has 0 aromatic heterocycles. The number of hydrogen-bond donors (Lipinski definition) is 3. The van der Waals surface area contributed by atoms with Crippen molar-refractivity contribution in [2.45, 2.75) is 31.2 Å². The Morgan fingerprint density at radius 2 is 2.00 bits per heavy atom. The Morgan fingerprint density at radius 3 is 2.52 bits per heavy atom. The van der Waals surface area contributed by atoms with E-state index in [4.69, 9.17) is 16.7 Å². The van der Waals surface area contributed by atoms with Crippen LogP contribution in [0.4, 0.5) is 5.69 Å². The summed E-state index contributed by atoms with van der Waals surface area (Å²) in [5.74, 6) is -2.44. The minimum atomic E-state index is -1.02. The van der Waals surface area contributed by atoms with Crippen LogP contribution in [0, 0.1) is 10.1 Å². The molecule has 10 heteroatoms. The smallest absolute Gasteiger partial charge is 0.305 e. The second kappa shape index (κ2) is 7.47. The number of hydrogen-bond acceptors (Lipinski definition) is 5. The predicted molar refractivity (Wildman–Crippen MR) is 87.4 cm³/mol. The lowest BCUT2D eigenvalue weighted by molar-refractivity contribution is -0.385. The Balaban J connectivity index is 2.00. The first-order chi connectivity index (χ1) is 11.7. The van der Waals surface area contributed by atoms with Crippen LogP contribution in [0.15, 0.2) is 18.2 Å². The molecule has 0 atom stereocenters. The average Bonchev–Trinajstić information content (AvgIpc) is 2.49. The van der Waals surface area contributed by atoms with Crippen LogP contribution in [-0.4, -0.2) is 39.9 Å². The summed E-state index contributed by atoms with van der Waals surface area (Å²) in [5, 5.41) is 24.7. The SMILES string of the molecule is O=C(O)CC1(NC(=O)CNC(=O)c2c(Cl)cccc2[N+](=O)[O-])CCC1. The predicted octanol–water partition coefficient (Wildman–Crippen LogP) is 1.49. The number of nitro benzene ring substituents is 1. The molecule has 0 aliphatic heterocycles. The molecule has 0 heterocycles. The summed E-state index contributed by atoms with van der Waals surface area (Å²) in [6, 6.07) is 3.81. The molecule has 0 saturated heterocycles. The molecular weight excluding hydrogens is 354 g/mol. The molecule has 1 aromatic carbocycles. The number of rotatable bonds is 7. The zero-order valence-corrected chi connectivity index (χ0v) is 13.8. The van der Waals surface area contributed by atoms with Gasteiger partial charge in [-0.15, -0.1) is 0 Å². The third-order valence-electron chi connectivity index (χ3n) is 4.03. The van der Waals surface area contributed by atoms with Crippen LogP contribution in [0.3, 0.4) is 0 Å². The molecule has 0 bridgehead atoms. The minimum Gasteiger partial charge on any atom is -0.481 e. The van der Waals surface area contributed by atoms with E-state index in [2.05, 4.69) is 10.6 Å². The maximum Gasteiger partial charge on any atom is 0.305 e. The summed E-state index contributed by atoms with van der Waals surface area (Å²) in [6.07, 6.45) is 1.72. The first-order valence-corrected chi connectivity index (χ1v) is 7.86. The van der Waals surface area contributed by atoms with E-state index >= 15 is 0 Å². The number of carboxylic acid groups (broad SMARTS) is 1. The molecule has 25 heavy (non-hydrogen) atoms. The third kappa shape index (κ3) is 4.44. The molecule has 1 fully saturated rings. The second-order valence-corrected chi connectivity index (χ2v) is 6.23. The lowest BCUT2D eigenvalue weighted by atomic mass is 9.74. The number of nitrogens with one attached hydrogen (secondary N) is 2. The number of carbonyl (C=O) groups excluding carboxylic acids is 2. The van der Waals surface area contributed by atoms with Crippen molar-refractivity contribution in [3.8, 4) is 0 Å². The molecule has 1 aromatic rings. The third-order valence-corrected chi connectivity index (χ3v) is 4.34. The molecule has 1 aliphatic rings. The fourth-order valence-corrected chi connectivity index (χ4v) is 2.97. The topological polar surface area (TPSA) is 139 Å². The lowest BCUT2D eigenvalue weighted by Crippen LogP contribution is -2.56. The zero-order chi connectivity index (χ0) is 18.6. The number of aliphatic carboxylic acids is 1. The molecule has 1 aliphatic carbocycles. The Kier molecular flexibility index (Phi) is 5.58. The van der Waals surface area contributed by atoms with Gasteiger partial charge in [-0.1, -0.05) is 17.7 Å². The van der Waals surface area contributed by atoms with Crippen molar-refractivity contribution in [1.29, 1.82) is 0 Å². The number of carboxylic acids is 1. The van der Waals surface area contributed by atoms with Gasteiger partial charge >= 0.3 is 5.97 Å². The highest BCUT2D eigenvalue weighted by atomic mass is 35.5. The highest BCUT2D eigenvalue weighted by Crippen LogP contribution is 2.34. The number of benzene rings is 1. The van der Waals surface area contributed by atoms with E-state index in [-0.39, 0.29) is 17.0 Å². The van der Waals surface area contributed by atoms with E-state index in [1.165, 1.54) is 12.1 Å². The van der Waals surface area contributed by atoms with Gasteiger partial charge in [-0.05, 0) is 25.3 Å². The maximum absolute atomic E-state index is 12.1. The van der Waals surface area contributed by atoms with Gasteiger partial charge in [0.2, 0.25) is 5.91 Å². The molecule has 0 unspecified atom stereocenters. The monoisotopic (exact) mass is 369 g/mol. The Bertz CT molecular complexity index is 732. The van der Waals surface area contributed by atoms with Gasteiger partial charge in [0, 0.05) is 6.07 Å². The Labute approximate surface area is 147 Å². The van der Waals surface area contributed by atoms with Crippen LogP contribution < -0.4 is 10.6 Å². The van der Waals surface area contributed by atoms with Gasteiger partial charge in [0.15, 0.2) is 0 Å². The molecule has 3 N–H and O–H groups in total. The van der Waals surface area contributed by atoms with E-state index in [1.54, 1.807) is 0 Å². The fourth-order valence-electron chi connectivity index (χ4n) is 2.72. The lowest BCUT2D eigenvalue weighted by Gasteiger charge is -2.41. The molecular formula is C15H16ClN3O6. The zero-order valence-electron chi connectivity index (χ0n) is 13.1. The van der Waals surface area contributed by atoms with Crippen LogP contribution >= 0.6 is 11.6 Å². The normalized spacial score (nSPS) is 14.9. The van der Waals surface area contributed by atoms with Gasteiger partial charge in [0.25, 0.3) is 11.6 Å². The van der Waals surface area contributed by atoms with E-state index in [0.717, 1.165) is 12.5 Å². The van der Waals surface area contributed by atoms with Crippen LogP contribution in [0.25, 0.3) is 0 Å². The summed E-state index contributed by atoms with van der Waals surface area (Å²) < 4.78 is 0. The molecule has 134 valence electrons. The number of halogens is 1. The fraction of sp³-hybridized carbons (Fsp3) is 0.400. The summed E-state index contributed by atoms with van der Waals surface area (Å²) in [7, 11) is 0. The number of nitro groups is 1. The summed E-state index contributed by atoms with van der Waals surface area (Å²) in [4.78, 5) is 45.3. The highest BCUT2D eigenvalue weighted by Gasteiger charge is 2.40. The van der Waals surface area contributed by atoms with Crippen LogP contribution in [0.2, 0.25) is 5.02 Å². The molecule has 2 amide bonds. The summed E-state index contributed by atoms with van der Waals surface area (Å²) >= 11 is 5.85. The first-order valence-electron chi connectivity index (χ1n) is 7.48. The van der Waals surface area contributed by atoms with Crippen molar-refractivity contribution >= 4 is 35.1 Å². The molecule has 1 saturated carbocycles. The van der Waals surface area contributed by atoms with E-state index in [9.17, 15) is 24.5 Å². The Hall–Kier alpha value is -2.68. The largest absolute Gasteiger partial charge is 0.481 e. The maximum atomic E-state index is 12.1.